The van der Waals surface area contributed by atoms with Gasteiger partial charge in [-0.15, -0.1) is 0 Å². The first kappa shape index (κ1) is 14.4. The maximum absolute atomic E-state index is 12.2. The number of carbonyl (C=O) groups excluding carboxylic acids is 1. The molecule has 0 saturated heterocycles. The minimum absolute atomic E-state index is 0.00269. The summed E-state index contributed by atoms with van der Waals surface area (Å²) < 4.78 is 0. The summed E-state index contributed by atoms with van der Waals surface area (Å²) in [7, 11) is 0. The van der Waals surface area contributed by atoms with Crippen LogP contribution in [0.15, 0.2) is 24.3 Å². The minimum atomic E-state index is -0.872. The van der Waals surface area contributed by atoms with Crippen molar-refractivity contribution in [2.45, 2.75) is 44.7 Å². The van der Waals surface area contributed by atoms with Crippen molar-refractivity contribution in [3.63, 3.8) is 0 Å². The van der Waals surface area contributed by atoms with E-state index >= 15 is 0 Å². The van der Waals surface area contributed by atoms with E-state index in [9.17, 15) is 14.7 Å². The highest BCUT2D eigenvalue weighted by Gasteiger charge is 2.32. The van der Waals surface area contributed by atoms with Crippen LogP contribution in [0.2, 0.25) is 0 Å². The van der Waals surface area contributed by atoms with Crippen molar-refractivity contribution >= 4 is 11.9 Å². The quantitative estimate of drug-likeness (QED) is 0.800. The summed E-state index contributed by atoms with van der Waals surface area (Å²) in [5.41, 5.74) is 0.892. The first-order valence-corrected chi connectivity index (χ1v) is 6.85. The highest BCUT2D eigenvalue weighted by molar-refractivity contribution is 5.77. The summed E-state index contributed by atoms with van der Waals surface area (Å²) in [5, 5.41) is 18.1. The molecule has 0 bridgehead atoms. The first-order chi connectivity index (χ1) is 9.56. The van der Waals surface area contributed by atoms with Gasteiger partial charge in [0.25, 0.3) is 0 Å². The lowest BCUT2D eigenvalue weighted by molar-refractivity contribution is -0.137. The molecule has 5 nitrogen and oxygen atoms in total. The molecule has 2 rings (SSSR count). The Hall–Kier alpha value is -2.04. The molecule has 1 aromatic rings. The number of carbonyl (C=O) groups is 2. The van der Waals surface area contributed by atoms with Gasteiger partial charge < -0.3 is 15.1 Å². The summed E-state index contributed by atoms with van der Waals surface area (Å²) in [6.45, 7) is 0.477. The molecule has 20 heavy (non-hydrogen) atoms. The number of hydrogen-bond donors (Lipinski definition) is 2. The van der Waals surface area contributed by atoms with Gasteiger partial charge in [0, 0.05) is 25.4 Å². The topological polar surface area (TPSA) is 77.8 Å². The maximum Gasteiger partial charge on any atom is 0.303 e. The number of phenols is 1. The molecule has 0 aliphatic heterocycles. The van der Waals surface area contributed by atoms with Crippen molar-refractivity contribution in [2.75, 3.05) is 0 Å². The lowest BCUT2D eigenvalue weighted by Crippen LogP contribution is -2.32. The van der Waals surface area contributed by atoms with Gasteiger partial charge in [0.2, 0.25) is 5.91 Å². The van der Waals surface area contributed by atoms with Crippen LogP contribution in [-0.2, 0) is 16.1 Å². The Morgan fingerprint density at radius 2 is 2.00 bits per heavy atom. The van der Waals surface area contributed by atoms with Gasteiger partial charge in [-0.3, -0.25) is 9.59 Å². The van der Waals surface area contributed by atoms with Gasteiger partial charge in [0.05, 0.1) is 0 Å². The summed E-state index contributed by atoms with van der Waals surface area (Å²) in [4.78, 5) is 24.4. The number of carboxylic acids is 1. The molecule has 1 amide bonds. The lowest BCUT2D eigenvalue weighted by atomic mass is 10.1. The fourth-order valence-corrected chi connectivity index (χ4v) is 2.19. The fourth-order valence-electron chi connectivity index (χ4n) is 2.19. The predicted octanol–water partition coefficient (Wildman–Crippen LogP) is 2.14. The number of nitrogens with zero attached hydrogens (tertiary/aromatic N) is 1. The number of benzene rings is 1. The second kappa shape index (κ2) is 6.41. The molecule has 0 aromatic heterocycles. The predicted molar refractivity (Wildman–Crippen MR) is 73.2 cm³/mol. The average molecular weight is 277 g/mol. The summed E-state index contributed by atoms with van der Waals surface area (Å²) in [6, 6.07) is 7.15. The van der Waals surface area contributed by atoms with Crippen LogP contribution < -0.4 is 0 Å². The van der Waals surface area contributed by atoms with Crippen molar-refractivity contribution in [3.8, 4) is 5.75 Å². The molecule has 0 spiro atoms. The number of carboxylic acid groups (broad SMARTS) is 1. The molecule has 108 valence electrons. The first-order valence-electron chi connectivity index (χ1n) is 6.85. The number of amides is 1. The summed E-state index contributed by atoms with van der Waals surface area (Å²) in [5.74, 6) is -0.683. The van der Waals surface area contributed by atoms with E-state index in [-0.39, 0.29) is 30.5 Å². The number of phenolic OH excluding ortho intramolecular Hbond substituents is 1. The number of aliphatic carboxylic acids is 1. The zero-order chi connectivity index (χ0) is 14.5. The summed E-state index contributed by atoms with van der Waals surface area (Å²) >= 11 is 0. The van der Waals surface area contributed by atoms with Crippen molar-refractivity contribution in [3.05, 3.63) is 29.8 Å². The maximum atomic E-state index is 12.2. The van der Waals surface area contributed by atoms with Crippen LogP contribution in [-0.4, -0.2) is 33.0 Å². The molecular formula is C15H19NO4. The normalized spacial score (nSPS) is 14.0. The third-order valence-corrected chi connectivity index (χ3v) is 3.35. The monoisotopic (exact) mass is 277 g/mol. The van der Waals surface area contributed by atoms with Crippen LogP contribution in [0.1, 0.15) is 37.7 Å². The molecule has 0 atom stereocenters. The van der Waals surface area contributed by atoms with E-state index in [1.165, 1.54) is 0 Å². The molecule has 0 heterocycles. The Kier molecular flexibility index (Phi) is 4.61. The van der Waals surface area contributed by atoms with Gasteiger partial charge in [-0.05, 0) is 37.0 Å². The van der Waals surface area contributed by atoms with Crippen LogP contribution in [0.3, 0.4) is 0 Å². The Balaban J connectivity index is 1.93. The van der Waals surface area contributed by atoms with Crippen molar-refractivity contribution in [1.29, 1.82) is 0 Å². The largest absolute Gasteiger partial charge is 0.508 e. The third kappa shape index (κ3) is 4.26. The number of hydrogen-bond acceptors (Lipinski definition) is 3. The molecule has 1 saturated carbocycles. The van der Waals surface area contributed by atoms with Gasteiger partial charge >= 0.3 is 5.97 Å². The molecule has 1 aliphatic carbocycles. The molecule has 0 radical (unpaired) electrons. The average Bonchev–Trinajstić information content (AvgIpc) is 3.19. The Bertz CT molecular complexity index is 496. The van der Waals surface area contributed by atoms with Crippen LogP contribution in [0, 0.1) is 0 Å². The van der Waals surface area contributed by atoms with Gasteiger partial charge in [-0.25, -0.2) is 0 Å². The van der Waals surface area contributed by atoms with Crippen molar-refractivity contribution < 1.29 is 19.8 Å². The van der Waals surface area contributed by atoms with E-state index in [0.717, 1.165) is 18.4 Å². The second-order valence-electron chi connectivity index (χ2n) is 5.17. The summed E-state index contributed by atoms with van der Waals surface area (Å²) in [6.07, 6.45) is 2.67. The number of rotatable bonds is 7. The van der Waals surface area contributed by atoms with Gasteiger partial charge in [-0.1, -0.05) is 12.1 Å². The minimum Gasteiger partial charge on any atom is -0.508 e. The van der Waals surface area contributed by atoms with E-state index in [1.807, 2.05) is 6.07 Å². The Morgan fingerprint density at radius 3 is 2.60 bits per heavy atom. The number of aromatic hydroxyl groups is 1. The zero-order valence-corrected chi connectivity index (χ0v) is 11.3. The molecule has 2 N–H and O–H groups in total. The molecule has 5 heteroatoms. The third-order valence-electron chi connectivity index (χ3n) is 3.35. The van der Waals surface area contributed by atoms with E-state index < -0.39 is 5.97 Å². The second-order valence-corrected chi connectivity index (χ2v) is 5.17. The van der Waals surface area contributed by atoms with Gasteiger partial charge in [0.1, 0.15) is 5.75 Å². The van der Waals surface area contributed by atoms with E-state index in [0.29, 0.717) is 13.0 Å². The lowest BCUT2D eigenvalue weighted by Gasteiger charge is -2.22. The van der Waals surface area contributed by atoms with Gasteiger partial charge in [0.15, 0.2) is 0 Å². The molecular weight excluding hydrogens is 258 g/mol. The Labute approximate surface area is 117 Å². The van der Waals surface area contributed by atoms with Crippen LogP contribution >= 0.6 is 0 Å². The van der Waals surface area contributed by atoms with Crippen LogP contribution in [0.4, 0.5) is 0 Å². The molecule has 0 unspecified atom stereocenters. The van der Waals surface area contributed by atoms with Crippen LogP contribution in [0.5, 0.6) is 5.75 Å². The Morgan fingerprint density at radius 1 is 1.25 bits per heavy atom. The van der Waals surface area contributed by atoms with Crippen molar-refractivity contribution in [1.82, 2.24) is 4.90 Å². The fraction of sp³-hybridized carbons (Fsp3) is 0.467. The highest BCUT2D eigenvalue weighted by Crippen LogP contribution is 2.29. The SMILES string of the molecule is O=C(O)CCCC(=O)N(Cc1cccc(O)c1)C1CC1. The zero-order valence-electron chi connectivity index (χ0n) is 11.3. The molecule has 1 aromatic carbocycles. The highest BCUT2D eigenvalue weighted by atomic mass is 16.4. The van der Waals surface area contributed by atoms with Crippen LogP contribution in [0.25, 0.3) is 0 Å². The van der Waals surface area contributed by atoms with Gasteiger partial charge in [-0.2, -0.15) is 0 Å². The van der Waals surface area contributed by atoms with Crippen molar-refractivity contribution in [2.24, 2.45) is 0 Å². The van der Waals surface area contributed by atoms with E-state index in [1.54, 1.807) is 23.1 Å². The smallest absolute Gasteiger partial charge is 0.303 e. The standard InChI is InChI=1S/C15H19NO4/c17-13-4-1-3-11(9-13)10-16(12-7-8-12)14(18)5-2-6-15(19)20/h1,3-4,9,12,17H,2,5-8,10H2,(H,19,20). The van der Waals surface area contributed by atoms with E-state index in [4.69, 9.17) is 5.11 Å². The van der Waals surface area contributed by atoms with E-state index in [2.05, 4.69) is 0 Å². The molecule has 1 fully saturated rings. The molecule has 1 aliphatic rings.